The number of nitrogens with zero attached hydrogens (tertiary/aromatic N) is 2. The topological polar surface area (TPSA) is 17.3 Å². The van der Waals surface area contributed by atoms with Gasteiger partial charge in [-0.15, -0.1) is 0 Å². The summed E-state index contributed by atoms with van der Waals surface area (Å²) in [4.78, 5) is 4.61. The molecular formula is C22H24N2. The zero-order valence-electron chi connectivity index (χ0n) is 14.4. The highest BCUT2D eigenvalue weighted by atomic mass is 15.0. The maximum absolute atomic E-state index is 4.61. The average Bonchev–Trinajstić information content (AvgIpc) is 3.00. The molecule has 0 radical (unpaired) electrons. The summed E-state index contributed by atoms with van der Waals surface area (Å²) in [7, 11) is 0. The fourth-order valence-corrected chi connectivity index (χ4v) is 2.81. The molecule has 1 heterocycles. The van der Waals surface area contributed by atoms with Gasteiger partial charge in [-0.3, -0.25) is 4.99 Å². The number of aliphatic imine (C=N–C) groups is 1. The van der Waals surface area contributed by atoms with Crippen LogP contribution in [0.5, 0.6) is 0 Å². The van der Waals surface area contributed by atoms with Crippen LogP contribution in [-0.2, 0) is 6.42 Å². The van der Waals surface area contributed by atoms with Crippen molar-refractivity contribution >= 4 is 11.9 Å². The molecule has 0 fully saturated rings. The first-order chi connectivity index (χ1) is 11.8. The van der Waals surface area contributed by atoms with Crippen LogP contribution in [-0.4, -0.2) is 10.8 Å². The number of rotatable bonds is 6. The third kappa shape index (κ3) is 4.02. The van der Waals surface area contributed by atoms with E-state index in [1.807, 2.05) is 12.3 Å². The first-order valence-electron chi connectivity index (χ1n) is 8.63. The van der Waals surface area contributed by atoms with E-state index in [1.165, 1.54) is 29.8 Å². The first-order valence-corrected chi connectivity index (χ1v) is 8.63. The molecule has 122 valence electrons. The Morgan fingerprint density at radius 2 is 1.75 bits per heavy atom. The summed E-state index contributed by atoms with van der Waals surface area (Å²) in [6, 6.07) is 21.1. The van der Waals surface area contributed by atoms with E-state index in [0.717, 1.165) is 17.7 Å². The number of aryl methyl sites for hydroxylation is 2. The van der Waals surface area contributed by atoms with Gasteiger partial charge in [0.15, 0.2) is 0 Å². The predicted molar refractivity (Wildman–Crippen MR) is 103 cm³/mol. The smallest absolute Gasteiger partial charge is 0.0630 e. The van der Waals surface area contributed by atoms with Gasteiger partial charge in [-0.1, -0.05) is 43.7 Å². The van der Waals surface area contributed by atoms with Crippen molar-refractivity contribution in [2.75, 3.05) is 0 Å². The Balaban J connectivity index is 1.73. The molecule has 24 heavy (non-hydrogen) atoms. The Bertz CT molecular complexity index is 796. The fourth-order valence-electron chi connectivity index (χ4n) is 2.81. The fraction of sp³-hybridized carbons (Fsp3) is 0.227. The maximum Gasteiger partial charge on any atom is 0.0630 e. The third-order valence-electron chi connectivity index (χ3n) is 4.19. The van der Waals surface area contributed by atoms with Gasteiger partial charge in [0.2, 0.25) is 0 Å². The summed E-state index contributed by atoms with van der Waals surface area (Å²) in [6.45, 7) is 4.34. The minimum atomic E-state index is 1.00. The molecule has 0 aliphatic heterocycles. The van der Waals surface area contributed by atoms with Gasteiger partial charge >= 0.3 is 0 Å². The van der Waals surface area contributed by atoms with Crippen LogP contribution in [0.2, 0.25) is 0 Å². The molecule has 0 N–H and O–H groups in total. The van der Waals surface area contributed by atoms with Gasteiger partial charge in [0, 0.05) is 29.4 Å². The van der Waals surface area contributed by atoms with E-state index in [0.29, 0.717) is 0 Å². The summed E-state index contributed by atoms with van der Waals surface area (Å²) >= 11 is 0. The zero-order valence-corrected chi connectivity index (χ0v) is 14.4. The van der Waals surface area contributed by atoms with Crippen molar-refractivity contribution in [2.24, 2.45) is 4.99 Å². The first kappa shape index (κ1) is 16.3. The van der Waals surface area contributed by atoms with Gasteiger partial charge in [-0.05, 0) is 55.7 Å². The average molecular weight is 316 g/mol. The van der Waals surface area contributed by atoms with E-state index < -0.39 is 0 Å². The van der Waals surface area contributed by atoms with E-state index in [1.54, 1.807) is 0 Å². The molecule has 0 atom stereocenters. The maximum atomic E-state index is 4.61. The van der Waals surface area contributed by atoms with Crippen molar-refractivity contribution < 1.29 is 0 Å². The Hall–Kier alpha value is -2.61. The van der Waals surface area contributed by atoms with Crippen LogP contribution in [0.25, 0.3) is 5.69 Å². The van der Waals surface area contributed by atoms with E-state index >= 15 is 0 Å². The van der Waals surface area contributed by atoms with Crippen molar-refractivity contribution in [3.63, 3.8) is 0 Å². The lowest BCUT2D eigenvalue weighted by molar-refractivity contribution is 0.795. The summed E-state index contributed by atoms with van der Waals surface area (Å²) in [5.74, 6) is 0. The van der Waals surface area contributed by atoms with E-state index in [9.17, 15) is 0 Å². The lowest BCUT2D eigenvalue weighted by Crippen LogP contribution is -1.93. The van der Waals surface area contributed by atoms with Gasteiger partial charge in [0.1, 0.15) is 0 Å². The lowest BCUT2D eigenvalue weighted by atomic mass is 10.1. The molecule has 2 heteroatoms. The van der Waals surface area contributed by atoms with Gasteiger partial charge in [0.05, 0.1) is 5.69 Å². The van der Waals surface area contributed by atoms with Crippen LogP contribution in [0.4, 0.5) is 5.69 Å². The highest BCUT2D eigenvalue weighted by Crippen LogP contribution is 2.17. The zero-order chi connectivity index (χ0) is 16.8. The van der Waals surface area contributed by atoms with Crippen molar-refractivity contribution in [3.05, 3.63) is 83.7 Å². The molecule has 0 amide bonds. The standard InChI is InChI=1S/C22H24N2/c1-3-4-8-19-11-13-21(14-12-19)23-16-20-15-18(2)24(17-20)22-9-6-5-7-10-22/h5-7,9-17H,3-4,8H2,1-2H3. The molecule has 1 aromatic heterocycles. The van der Waals surface area contributed by atoms with Gasteiger partial charge in [-0.2, -0.15) is 0 Å². The van der Waals surface area contributed by atoms with E-state index in [-0.39, 0.29) is 0 Å². The molecular weight excluding hydrogens is 292 g/mol. The minimum Gasteiger partial charge on any atom is -0.321 e. The molecule has 0 saturated heterocycles. The van der Waals surface area contributed by atoms with Gasteiger partial charge in [0.25, 0.3) is 0 Å². The van der Waals surface area contributed by atoms with Crippen LogP contribution >= 0.6 is 0 Å². The summed E-state index contributed by atoms with van der Waals surface area (Å²) in [6.07, 6.45) is 7.70. The molecule has 0 aliphatic rings. The van der Waals surface area contributed by atoms with Gasteiger partial charge in [-0.25, -0.2) is 0 Å². The monoisotopic (exact) mass is 316 g/mol. The number of hydrogen-bond donors (Lipinski definition) is 0. The lowest BCUT2D eigenvalue weighted by Gasteiger charge is -2.04. The van der Waals surface area contributed by atoms with E-state index in [4.69, 9.17) is 0 Å². The highest BCUT2D eigenvalue weighted by molar-refractivity contribution is 5.82. The molecule has 3 aromatic rings. The number of hydrogen-bond acceptors (Lipinski definition) is 1. The highest BCUT2D eigenvalue weighted by Gasteiger charge is 2.02. The van der Waals surface area contributed by atoms with Crippen LogP contribution < -0.4 is 0 Å². The molecule has 0 bridgehead atoms. The molecule has 3 rings (SSSR count). The number of unbranched alkanes of at least 4 members (excludes halogenated alkanes) is 1. The Labute approximate surface area is 144 Å². The molecule has 0 unspecified atom stereocenters. The molecule has 0 spiro atoms. The Morgan fingerprint density at radius 1 is 1.00 bits per heavy atom. The predicted octanol–water partition coefficient (Wildman–Crippen LogP) is 5.88. The van der Waals surface area contributed by atoms with Crippen LogP contribution in [0.3, 0.4) is 0 Å². The molecule has 0 saturated carbocycles. The van der Waals surface area contributed by atoms with Crippen molar-refractivity contribution in [2.45, 2.75) is 33.1 Å². The van der Waals surface area contributed by atoms with Crippen LogP contribution in [0, 0.1) is 6.92 Å². The van der Waals surface area contributed by atoms with Crippen LogP contribution in [0.1, 0.15) is 36.6 Å². The second-order valence-corrected chi connectivity index (χ2v) is 6.15. The normalized spacial score (nSPS) is 11.2. The molecule has 2 aromatic carbocycles. The Morgan fingerprint density at radius 3 is 2.46 bits per heavy atom. The third-order valence-corrected chi connectivity index (χ3v) is 4.19. The summed E-state index contributed by atoms with van der Waals surface area (Å²) < 4.78 is 2.19. The van der Waals surface area contributed by atoms with Crippen molar-refractivity contribution in [1.82, 2.24) is 4.57 Å². The minimum absolute atomic E-state index is 1.00. The summed E-state index contributed by atoms with van der Waals surface area (Å²) in [5, 5.41) is 0. The number of benzene rings is 2. The van der Waals surface area contributed by atoms with Crippen LogP contribution in [0.15, 0.2) is 71.9 Å². The summed E-state index contributed by atoms with van der Waals surface area (Å²) in [5.41, 5.74) is 5.89. The number of para-hydroxylation sites is 1. The molecule has 2 nitrogen and oxygen atoms in total. The second kappa shape index (κ2) is 7.78. The van der Waals surface area contributed by atoms with E-state index in [2.05, 4.69) is 84.2 Å². The quantitative estimate of drug-likeness (QED) is 0.505. The van der Waals surface area contributed by atoms with Crippen molar-refractivity contribution in [1.29, 1.82) is 0 Å². The van der Waals surface area contributed by atoms with Gasteiger partial charge < -0.3 is 4.57 Å². The Kier molecular flexibility index (Phi) is 5.27. The second-order valence-electron chi connectivity index (χ2n) is 6.15. The SMILES string of the molecule is CCCCc1ccc(N=Cc2cc(C)n(-c3ccccc3)c2)cc1. The number of aromatic nitrogens is 1. The molecule has 0 aliphatic carbocycles. The largest absolute Gasteiger partial charge is 0.321 e. The van der Waals surface area contributed by atoms with Crippen molar-refractivity contribution in [3.8, 4) is 5.69 Å².